The molecule has 114 valence electrons. The number of carbonyl (C=O) groups is 1. The Morgan fingerprint density at radius 3 is 3.14 bits per heavy atom. The van der Waals surface area contributed by atoms with Crippen molar-refractivity contribution < 1.29 is 9.53 Å². The number of hydrogen-bond donors (Lipinski definition) is 2. The van der Waals surface area contributed by atoms with Gasteiger partial charge in [0.2, 0.25) is 0 Å². The fraction of sp³-hybridized carbons (Fsp3) is 0.214. The number of hydrazine groups is 1. The summed E-state index contributed by atoms with van der Waals surface area (Å²) in [7, 11) is 0. The van der Waals surface area contributed by atoms with Crippen LogP contribution < -0.4 is 11.3 Å². The van der Waals surface area contributed by atoms with Crippen LogP contribution in [-0.2, 0) is 4.74 Å². The predicted molar refractivity (Wildman–Crippen MR) is 85.3 cm³/mol. The van der Waals surface area contributed by atoms with Crippen LogP contribution in [0, 0.1) is 0 Å². The van der Waals surface area contributed by atoms with Crippen LogP contribution in [0.5, 0.6) is 0 Å². The SMILES string of the molecule is CCOC(=O)c1ncn2c1C=NC(NN)=C1C=C(Br)C=CC12. The number of nitrogens with one attached hydrogen (secondary N) is 1. The zero-order valence-corrected chi connectivity index (χ0v) is 13.4. The molecule has 0 fully saturated rings. The number of carbonyl (C=O) groups excluding carboxylic acids is 1. The lowest BCUT2D eigenvalue weighted by Gasteiger charge is -2.20. The number of esters is 1. The minimum absolute atomic E-state index is 0.152. The molecule has 0 saturated heterocycles. The number of halogens is 1. The van der Waals surface area contributed by atoms with Crippen molar-refractivity contribution in [3.8, 4) is 0 Å². The topological polar surface area (TPSA) is 94.5 Å². The van der Waals surface area contributed by atoms with E-state index in [4.69, 9.17) is 10.6 Å². The van der Waals surface area contributed by atoms with Gasteiger partial charge < -0.3 is 14.7 Å². The molecule has 0 bridgehead atoms. The predicted octanol–water partition coefficient (Wildman–Crippen LogP) is 1.56. The number of allylic oxidation sites excluding steroid dienone is 5. The number of nitrogens with zero attached hydrogens (tertiary/aromatic N) is 3. The maximum Gasteiger partial charge on any atom is 0.359 e. The van der Waals surface area contributed by atoms with Crippen molar-refractivity contribution in [2.24, 2.45) is 10.8 Å². The molecule has 1 aromatic heterocycles. The van der Waals surface area contributed by atoms with Gasteiger partial charge in [0.05, 0.1) is 30.9 Å². The van der Waals surface area contributed by atoms with Gasteiger partial charge in [0.25, 0.3) is 0 Å². The largest absolute Gasteiger partial charge is 0.461 e. The second kappa shape index (κ2) is 5.90. The highest BCUT2D eigenvalue weighted by molar-refractivity contribution is 9.11. The third-order valence-corrected chi connectivity index (χ3v) is 3.87. The number of hydrogen-bond acceptors (Lipinski definition) is 6. The van der Waals surface area contributed by atoms with Crippen LogP contribution in [0.4, 0.5) is 0 Å². The zero-order chi connectivity index (χ0) is 15.7. The first-order valence-corrected chi connectivity index (χ1v) is 7.49. The lowest BCUT2D eigenvalue weighted by atomic mass is 10.0. The van der Waals surface area contributed by atoms with Crippen LogP contribution >= 0.6 is 15.9 Å². The van der Waals surface area contributed by atoms with Gasteiger partial charge in [-0.3, -0.25) is 0 Å². The molecule has 22 heavy (non-hydrogen) atoms. The molecule has 2 heterocycles. The minimum atomic E-state index is -0.468. The number of aromatic nitrogens is 2. The van der Waals surface area contributed by atoms with E-state index in [0.29, 0.717) is 18.1 Å². The minimum Gasteiger partial charge on any atom is -0.461 e. The van der Waals surface area contributed by atoms with E-state index in [1.54, 1.807) is 19.5 Å². The molecule has 0 saturated carbocycles. The van der Waals surface area contributed by atoms with Gasteiger partial charge in [0, 0.05) is 10.1 Å². The van der Waals surface area contributed by atoms with Gasteiger partial charge in [-0.25, -0.2) is 20.6 Å². The Bertz CT molecular complexity index is 744. The van der Waals surface area contributed by atoms with Crippen LogP contribution in [0.1, 0.15) is 29.1 Å². The van der Waals surface area contributed by atoms with Gasteiger partial charge in [-0.2, -0.15) is 0 Å². The number of nitrogens with two attached hydrogens (primary N) is 1. The van der Waals surface area contributed by atoms with E-state index in [-0.39, 0.29) is 11.7 Å². The van der Waals surface area contributed by atoms with E-state index in [1.807, 2.05) is 22.8 Å². The third-order valence-electron chi connectivity index (χ3n) is 3.38. The van der Waals surface area contributed by atoms with Gasteiger partial charge >= 0.3 is 5.97 Å². The highest BCUT2D eigenvalue weighted by Gasteiger charge is 2.27. The summed E-state index contributed by atoms with van der Waals surface area (Å²) in [4.78, 5) is 20.5. The molecular formula is C14H14BrN5O2. The van der Waals surface area contributed by atoms with E-state index in [9.17, 15) is 4.79 Å². The Hall–Kier alpha value is -2.19. The van der Waals surface area contributed by atoms with E-state index >= 15 is 0 Å². The van der Waals surface area contributed by atoms with Gasteiger partial charge in [0.15, 0.2) is 5.69 Å². The summed E-state index contributed by atoms with van der Waals surface area (Å²) in [6.07, 6.45) is 9.01. The lowest BCUT2D eigenvalue weighted by molar-refractivity contribution is 0.0520. The zero-order valence-electron chi connectivity index (χ0n) is 11.8. The molecule has 7 nitrogen and oxygen atoms in total. The lowest BCUT2D eigenvalue weighted by Crippen LogP contribution is -2.23. The number of aliphatic imine (C=N–C) groups is 1. The summed E-state index contributed by atoms with van der Waals surface area (Å²) in [6.45, 7) is 2.05. The van der Waals surface area contributed by atoms with Crippen molar-refractivity contribution in [2.45, 2.75) is 13.0 Å². The van der Waals surface area contributed by atoms with Crippen molar-refractivity contribution in [3.63, 3.8) is 0 Å². The molecule has 0 spiro atoms. The molecular weight excluding hydrogens is 350 g/mol. The molecule has 2 aliphatic rings. The Morgan fingerprint density at radius 1 is 1.59 bits per heavy atom. The van der Waals surface area contributed by atoms with Crippen LogP contribution in [0.2, 0.25) is 0 Å². The van der Waals surface area contributed by atoms with Crippen molar-refractivity contribution in [1.82, 2.24) is 15.0 Å². The first-order valence-electron chi connectivity index (χ1n) is 6.70. The normalized spacial score (nSPS) is 19.2. The molecule has 3 rings (SSSR count). The number of fused-ring (bicyclic) bond motifs is 3. The summed E-state index contributed by atoms with van der Waals surface area (Å²) in [5, 5.41) is 0. The number of ether oxygens (including phenoxy) is 1. The first kappa shape index (κ1) is 14.7. The molecule has 8 heteroatoms. The van der Waals surface area contributed by atoms with E-state index in [0.717, 1.165) is 10.1 Å². The highest BCUT2D eigenvalue weighted by Crippen LogP contribution is 2.33. The van der Waals surface area contributed by atoms with Gasteiger partial charge in [-0.05, 0) is 19.1 Å². The van der Waals surface area contributed by atoms with Crippen LogP contribution in [-0.4, -0.2) is 28.3 Å². The first-order chi connectivity index (χ1) is 10.7. The van der Waals surface area contributed by atoms with Gasteiger partial charge in [-0.1, -0.05) is 22.0 Å². The van der Waals surface area contributed by atoms with E-state index in [2.05, 4.69) is 31.3 Å². The second-order valence-electron chi connectivity index (χ2n) is 4.65. The summed E-state index contributed by atoms with van der Waals surface area (Å²) in [5.74, 6) is 5.63. The van der Waals surface area contributed by atoms with Gasteiger partial charge in [0.1, 0.15) is 5.82 Å². The maximum atomic E-state index is 12.0. The van der Waals surface area contributed by atoms with Crippen LogP contribution in [0.25, 0.3) is 0 Å². The Labute approximate surface area is 135 Å². The molecule has 1 unspecified atom stereocenters. The summed E-state index contributed by atoms with van der Waals surface area (Å²) in [5.41, 5.74) is 4.30. The number of rotatable bonds is 3. The van der Waals surface area contributed by atoms with Crippen LogP contribution in [0.3, 0.4) is 0 Å². The second-order valence-corrected chi connectivity index (χ2v) is 5.56. The molecule has 3 N–H and O–H groups in total. The quantitative estimate of drug-likeness (QED) is 0.482. The van der Waals surface area contributed by atoms with Crippen molar-refractivity contribution in [3.05, 3.63) is 51.8 Å². The molecule has 0 amide bonds. The fourth-order valence-electron chi connectivity index (χ4n) is 2.42. The maximum absolute atomic E-state index is 12.0. The van der Waals surface area contributed by atoms with E-state index in [1.165, 1.54) is 0 Å². The molecule has 1 aromatic rings. The Morgan fingerprint density at radius 2 is 2.41 bits per heavy atom. The molecule has 1 atom stereocenters. The fourth-order valence-corrected chi connectivity index (χ4v) is 2.82. The monoisotopic (exact) mass is 363 g/mol. The average Bonchev–Trinajstić information content (AvgIpc) is 2.86. The van der Waals surface area contributed by atoms with Gasteiger partial charge in [-0.15, -0.1) is 0 Å². The highest BCUT2D eigenvalue weighted by atomic mass is 79.9. The van der Waals surface area contributed by atoms with Crippen molar-refractivity contribution >= 4 is 28.1 Å². The average molecular weight is 364 g/mol. The van der Waals surface area contributed by atoms with E-state index < -0.39 is 5.97 Å². The van der Waals surface area contributed by atoms with Crippen LogP contribution in [0.15, 0.2) is 45.4 Å². The summed E-state index contributed by atoms with van der Waals surface area (Å²) < 4.78 is 7.81. The summed E-state index contributed by atoms with van der Waals surface area (Å²) in [6, 6.07) is -0.152. The van der Waals surface area contributed by atoms with Crippen molar-refractivity contribution in [2.75, 3.05) is 6.61 Å². The molecule has 0 radical (unpaired) electrons. The third kappa shape index (κ3) is 2.40. The molecule has 1 aliphatic carbocycles. The smallest absolute Gasteiger partial charge is 0.359 e. The molecule has 0 aromatic carbocycles. The molecule has 1 aliphatic heterocycles. The Balaban J connectivity index is 2.11. The summed E-state index contributed by atoms with van der Waals surface area (Å²) >= 11 is 3.44. The Kier molecular flexibility index (Phi) is 3.95. The standard InChI is InChI=1S/C14H14BrN5O2/c1-2-22-14(21)12-11-6-17-13(19-16)9-5-8(15)3-4-10(9)20(11)7-18-12/h3-7,10,19H,2,16H2,1H3. The number of imidazole rings is 1. The van der Waals surface area contributed by atoms with Crippen molar-refractivity contribution in [1.29, 1.82) is 0 Å².